The molecule has 0 amide bonds. The van der Waals surface area contributed by atoms with Gasteiger partial charge in [0.2, 0.25) is 0 Å². The standard InChI is InChI=1S/C5H14O2Si.2CH3NOS.Na.H/c1-4-6-8(3)7-5-2;2*2-1(3)4;;/h8H,4-5H2,1-3H3;2*(H3,2,3,4);;. The summed E-state index contributed by atoms with van der Waals surface area (Å²) in [6.07, 6.45) is 0. The SMILES string of the molecule is CCO[SiH](C)OCC.NC(O)=S.NC(O)=S.[NaH]. The molecule has 0 saturated carbocycles. The summed E-state index contributed by atoms with van der Waals surface area (Å²) in [5.41, 5.74) is 8.80. The van der Waals surface area contributed by atoms with E-state index in [2.05, 4.69) is 35.9 Å². The van der Waals surface area contributed by atoms with Crippen molar-refractivity contribution in [3.05, 3.63) is 0 Å². The van der Waals surface area contributed by atoms with Gasteiger partial charge in [-0.3, -0.25) is 0 Å². The van der Waals surface area contributed by atoms with Crippen molar-refractivity contribution in [3.8, 4) is 0 Å². The zero-order valence-corrected chi connectivity index (χ0v) is 12.5. The summed E-state index contributed by atoms with van der Waals surface area (Å²) < 4.78 is 10.4. The summed E-state index contributed by atoms with van der Waals surface area (Å²) in [5.74, 6) is 0. The van der Waals surface area contributed by atoms with Gasteiger partial charge in [0.15, 0.2) is 0 Å². The molecule has 0 aromatic rings. The molecule has 0 aliphatic heterocycles. The number of thiocarbonyl (C=S) groups is 2. The molecule has 0 radical (unpaired) electrons. The van der Waals surface area contributed by atoms with Gasteiger partial charge >= 0.3 is 38.8 Å². The third-order valence-electron chi connectivity index (χ3n) is 0.803. The van der Waals surface area contributed by atoms with Crippen molar-refractivity contribution in [1.82, 2.24) is 0 Å². The zero-order chi connectivity index (χ0) is 13.6. The fourth-order valence-corrected chi connectivity index (χ4v) is 1.55. The Balaban J connectivity index is -0.0000000806. The van der Waals surface area contributed by atoms with Gasteiger partial charge in [0.25, 0.3) is 10.3 Å². The van der Waals surface area contributed by atoms with Crippen LogP contribution in [-0.2, 0) is 8.85 Å². The Morgan fingerprint density at radius 1 is 1.06 bits per heavy atom. The first-order valence-electron chi connectivity index (χ1n) is 4.47. The van der Waals surface area contributed by atoms with Crippen LogP contribution in [0.1, 0.15) is 13.8 Å². The molecule has 0 atom stereocenters. The average molecular weight is 312 g/mol. The monoisotopic (exact) mass is 312 g/mol. The van der Waals surface area contributed by atoms with Gasteiger partial charge in [0.1, 0.15) is 0 Å². The normalized spacial score (nSPS) is 7.76. The van der Waals surface area contributed by atoms with Crippen molar-refractivity contribution >= 4 is 73.6 Å². The van der Waals surface area contributed by atoms with Crippen LogP contribution in [0.5, 0.6) is 0 Å². The fraction of sp³-hybridized carbons (Fsp3) is 0.714. The minimum absolute atomic E-state index is 0. The molecule has 0 fully saturated rings. The quantitative estimate of drug-likeness (QED) is 0.418. The summed E-state index contributed by atoms with van der Waals surface area (Å²) in [4.78, 5) is 0. The van der Waals surface area contributed by atoms with Crippen molar-refractivity contribution in [1.29, 1.82) is 0 Å². The van der Waals surface area contributed by atoms with Crippen molar-refractivity contribution in [2.75, 3.05) is 13.2 Å². The molecule has 0 aliphatic rings. The zero-order valence-electron chi connectivity index (χ0n) is 9.67. The number of aliphatic hydroxyl groups excluding tert-OH is 2. The van der Waals surface area contributed by atoms with Crippen LogP contribution in [0, 0.1) is 0 Å². The summed E-state index contributed by atoms with van der Waals surface area (Å²) >= 11 is 7.74. The van der Waals surface area contributed by atoms with E-state index in [1.165, 1.54) is 0 Å². The summed E-state index contributed by atoms with van der Waals surface area (Å²) in [6.45, 7) is 7.58. The molecule has 0 heterocycles. The maximum absolute atomic E-state index is 7.56. The number of aliphatic hydroxyl groups is 2. The second kappa shape index (κ2) is 21.8. The Kier molecular flexibility index (Phi) is 33.5. The molecule has 0 unspecified atom stereocenters. The first kappa shape index (κ1) is 26.2. The molecule has 0 rings (SSSR count). The van der Waals surface area contributed by atoms with Crippen molar-refractivity contribution in [3.63, 3.8) is 0 Å². The second-order valence-electron chi connectivity index (χ2n) is 2.15. The molecule has 100 valence electrons. The van der Waals surface area contributed by atoms with Crippen molar-refractivity contribution < 1.29 is 19.1 Å². The molecule has 0 aromatic heterocycles. The molecule has 6 N–H and O–H groups in total. The van der Waals surface area contributed by atoms with Crippen LogP contribution in [0.25, 0.3) is 0 Å². The number of hydrogen-bond donors (Lipinski definition) is 4. The van der Waals surface area contributed by atoms with Gasteiger partial charge in [-0.25, -0.2) is 0 Å². The third-order valence-corrected chi connectivity index (χ3v) is 2.41. The van der Waals surface area contributed by atoms with Crippen molar-refractivity contribution in [2.45, 2.75) is 20.4 Å². The van der Waals surface area contributed by atoms with Crippen LogP contribution in [0.3, 0.4) is 0 Å². The molecule has 10 heteroatoms. The Morgan fingerprint density at radius 2 is 1.24 bits per heavy atom. The Morgan fingerprint density at radius 3 is 1.35 bits per heavy atom. The molecule has 0 bridgehead atoms. The van der Waals surface area contributed by atoms with E-state index in [1.807, 2.05) is 20.4 Å². The Labute approximate surface area is 137 Å². The molecule has 0 aromatic carbocycles. The van der Waals surface area contributed by atoms with E-state index >= 15 is 0 Å². The predicted molar refractivity (Wildman–Crippen MR) is 82.2 cm³/mol. The second-order valence-corrected chi connectivity index (χ2v) is 4.79. The van der Waals surface area contributed by atoms with Gasteiger partial charge in [-0.05, 0) is 44.8 Å². The van der Waals surface area contributed by atoms with Crippen LogP contribution in [0.4, 0.5) is 0 Å². The molecule has 6 nitrogen and oxygen atoms in total. The average Bonchev–Trinajstić information content (AvgIpc) is 2.02. The molecule has 17 heavy (non-hydrogen) atoms. The van der Waals surface area contributed by atoms with E-state index < -0.39 is 19.6 Å². The van der Waals surface area contributed by atoms with Crippen LogP contribution < -0.4 is 11.5 Å². The Bertz CT molecular complexity index is 165. The van der Waals surface area contributed by atoms with E-state index in [-0.39, 0.29) is 29.6 Å². The first-order valence-corrected chi connectivity index (χ1v) is 7.39. The predicted octanol–water partition coefficient (Wildman–Crippen LogP) is -0.163. The van der Waals surface area contributed by atoms with Crippen LogP contribution in [0.15, 0.2) is 0 Å². The number of hydrogen-bond acceptors (Lipinski definition) is 4. The van der Waals surface area contributed by atoms with Gasteiger partial charge < -0.3 is 30.5 Å². The van der Waals surface area contributed by atoms with Crippen LogP contribution >= 0.6 is 24.4 Å². The van der Waals surface area contributed by atoms with Crippen LogP contribution in [-0.4, -0.2) is 72.6 Å². The van der Waals surface area contributed by atoms with E-state index in [4.69, 9.17) is 19.1 Å². The molecule has 0 spiro atoms. The summed E-state index contributed by atoms with van der Waals surface area (Å²) in [7, 11) is -1.20. The molecule has 0 aliphatic carbocycles. The van der Waals surface area contributed by atoms with E-state index in [9.17, 15) is 0 Å². The Hall–Kier alpha value is 0.517. The van der Waals surface area contributed by atoms with E-state index in [1.54, 1.807) is 0 Å². The summed E-state index contributed by atoms with van der Waals surface area (Å²) in [5, 5.41) is 14.1. The fourth-order valence-electron chi connectivity index (χ4n) is 0.518. The first-order chi connectivity index (χ1) is 7.27. The van der Waals surface area contributed by atoms with Gasteiger partial charge in [-0.2, -0.15) is 0 Å². The van der Waals surface area contributed by atoms with Gasteiger partial charge in [0.05, 0.1) is 0 Å². The third kappa shape index (κ3) is 82.0. The summed E-state index contributed by atoms with van der Waals surface area (Å²) in [6, 6.07) is 0. The van der Waals surface area contributed by atoms with E-state index in [0.717, 1.165) is 13.2 Å². The topological polar surface area (TPSA) is 111 Å². The molecular weight excluding hydrogens is 291 g/mol. The number of nitrogens with two attached hydrogens (primary N) is 2. The maximum atomic E-state index is 7.56. The van der Waals surface area contributed by atoms with Crippen LogP contribution in [0.2, 0.25) is 6.55 Å². The number of rotatable bonds is 4. The van der Waals surface area contributed by atoms with Gasteiger partial charge in [0, 0.05) is 13.2 Å². The minimum atomic E-state index is -1.20. The van der Waals surface area contributed by atoms with E-state index in [0.29, 0.717) is 0 Å². The molecule has 0 saturated heterocycles. The van der Waals surface area contributed by atoms with Crippen molar-refractivity contribution in [2.24, 2.45) is 11.5 Å². The van der Waals surface area contributed by atoms with Gasteiger partial charge in [-0.1, -0.05) is 0 Å². The molecular formula is C7H21N2NaO4S2Si. The van der Waals surface area contributed by atoms with Gasteiger partial charge in [-0.15, -0.1) is 0 Å².